The highest BCUT2D eigenvalue weighted by molar-refractivity contribution is 5.74. The number of cyclic esters (lactones) is 1. The quantitative estimate of drug-likeness (QED) is 0.195. The van der Waals surface area contributed by atoms with Gasteiger partial charge < -0.3 is 14.2 Å². The Kier molecular flexibility index (Phi) is 11.5. The molecule has 1 heterocycles. The summed E-state index contributed by atoms with van der Waals surface area (Å²) in [6.45, 7) is 6.29. The molecule has 3 atom stereocenters. The SMILES string of the molecule is C=CCCCCCCCCC1CC(CC(COC(C)=O)OC(C)=O)C(=O)O1. The fraction of sp³-hybridized carbons (Fsp3) is 0.762. The number of allylic oxidation sites excluding steroid dienone is 1. The highest BCUT2D eigenvalue weighted by Gasteiger charge is 2.36. The Morgan fingerprint density at radius 2 is 1.81 bits per heavy atom. The number of hydrogen-bond acceptors (Lipinski definition) is 6. The molecule has 1 rings (SSSR count). The van der Waals surface area contributed by atoms with Crippen molar-refractivity contribution in [3.05, 3.63) is 12.7 Å². The second kappa shape index (κ2) is 13.3. The molecule has 0 spiro atoms. The van der Waals surface area contributed by atoms with E-state index in [0.717, 1.165) is 25.7 Å². The van der Waals surface area contributed by atoms with Crippen molar-refractivity contribution in [3.8, 4) is 0 Å². The number of rotatable bonds is 14. The number of ether oxygens (including phenoxy) is 3. The summed E-state index contributed by atoms with van der Waals surface area (Å²) in [6.07, 6.45) is 11.3. The molecule has 6 heteroatoms. The van der Waals surface area contributed by atoms with Crippen LogP contribution in [0.3, 0.4) is 0 Å². The Balaban J connectivity index is 2.27. The van der Waals surface area contributed by atoms with Gasteiger partial charge in [-0.15, -0.1) is 6.58 Å². The molecular weight excluding hydrogens is 348 g/mol. The standard InChI is InChI=1S/C21H34O6/c1-4-5-6-7-8-9-10-11-12-19-13-18(21(24)27-19)14-20(26-17(3)23)15-25-16(2)22/h4,18-20H,1,5-15H2,2-3H3. The maximum absolute atomic E-state index is 12.1. The molecule has 0 aromatic rings. The molecule has 1 saturated heterocycles. The topological polar surface area (TPSA) is 78.9 Å². The van der Waals surface area contributed by atoms with E-state index in [0.29, 0.717) is 12.8 Å². The number of carbonyl (C=O) groups excluding carboxylic acids is 3. The van der Waals surface area contributed by atoms with E-state index < -0.39 is 18.0 Å². The highest BCUT2D eigenvalue weighted by Crippen LogP contribution is 2.29. The molecule has 0 radical (unpaired) electrons. The third kappa shape index (κ3) is 10.8. The van der Waals surface area contributed by atoms with Gasteiger partial charge in [-0.2, -0.15) is 0 Å². The maximum Gasteiger partial charge on any atom is 0.309 e. The Hall–Kier alpha value is -1.85. The third-order valence-corrected chi connectivity index (χ3v) is 4.70. The van der Waals surface area contributed by atoms with E-state index in [1.54, 1.807) is 0 Å². The summed E-state index contributed by atoms with van der Waals surface area (Å²) in [5, 5.41) is 0. The average molecular weight is 382 g/mol. The van der Waals surface area contributed by atoms with Crippen molar-refractivity contribution in [1.29, 1.82) is 0 Å². The minimum Gasteiger partial charge on any atom is -0.462 e. The summed E-state index contributed by atoms with van der Waals surface area (Å²) in [6, 6.07) is 0. The minimum absolute atomic E-state index is 0.0325. The summed E-state index contributed by atoms with van der Waals surface area (Å²) in [5.74, 6) is -1.45. The van der Waals surface area contributed by atoms with Gasteiger partial charge in [0.15, 0.2) is 0 Å². The van der Waals surface area contributed by atoms with Gasteiger partial charge in [0.05, 0.1) is 5.92 Å². The van der Waals surface area contributed by atoms with Gasteiger partial charge in [-0.25, -0.2) is 0 Å². The molecule has 0 amide bonds. The number of carbonyl (C=O) groups is 3. The summed E-state index contributed by atoms with van der Waals surface area (Å²) < 4.78 is 15.6. The Labute approximate surface area is 162 Å². The molecule has 0 aliphatic carbocycles. The van der Waals surface area contributed by atoms with Crippen LogP contribution in [0.15, 0.2) is 12.7 Å². The molecule has 0 bridgehead atoms. The largest absolute Gasteiger partial charge is 0.462 e. The zero-order valence-corrected chi connectivity index (χ0v) is 16.7. The lowest BCUT2D eigenvalue weighted by Crippen LogP contribution is -2.27. The molecule has 3 unspecified atom stereocenters. The number of hydrogen-bond donors (Lipinski definition) is 0. The van der Waals surface area contributed by atoms with Gasteiger partial charge >= 0.3 is 17.9 Å². The van der Waals surface area contributed by atoms with Crippen molar-refractivity contribution >= 4 is 17.9 Å². The van der Waals surface area contributed by atoms with Crippen molar-refractivity contribution in [3.63, 3.8) is 0 Å². The molecule has 6 nitrogen and oxygen atoms in total. The Bertz CT molecular complexity index is 487. The van der Waals surface area contributed by atoms with Crippen molar-refractivity contribution in [1.82, 2.24) is 0 Å². The van der Waals surface area contributed by atoms with Gasteiger partial charge in [0.1, 0.15) is 18.8 Å². The fourth-order valence-electron chi connectivity index (χ4n) is 3.37. The zero-order chi connectivity index (χ0) is 20.1. The first-order valence-corrected chi connectivity index (χ1v) is 10.0. The van der Waals surface area contributed by atoms with Gasteiger partial charge in [0.2, 0.25) is 0 Å². The second-order valence-corrected chi connectivity index (χ2v) is 7.25. The van der Waals surface area contributed by atoms with Crippen LogP contribution in [-0.2, 0) is 28.6 Å². The molecule has 0 aromatic heterocycles. The van der Waals surface area contributed by atoms with Crippen molar-refractivity contribution in [2.45, 2.75) is 90.3 Å². The van der Waals surface area contributed by atoms with Crippen molar-refractivity contribution < 1.29 is 28.6 Å². The van der Waals surface area contributed by atoms with Gasteiger partial charge in [-0.05, 0) is 32.1 Å². The molecule has 154 valence electrons. The van der Waals surface area contributed by atoms with Crippen LogP contribution in [-0.4, -0.2) is 36.7 Å². The normalized spacial score (nSPS) is 20.0. The van der Waals surface area contributed by atoms with E-state index in [1.165, 1.54) is 39.5 Å². The van der Waals surface area contributed by atoms with E-state index in [9.17, 15) is 14.4 Å². The molecule has 0 N–H and O–H groups in total. The second-order valence-electron chi connectivity index (χ2n) is 7.25. The third-order valence-electron chi connectivity index (χ3n) is 4.70. The summed E-state index contributed by atoms with van der Waals surface area (Å²) in [5.41, 5.74) is 0. The predicted molar refractivity (Wildman–Crippen MR) is 102 cm³/mol. The van der Waals surface area contributed by atoms with E-state index in [4.69, 9.17) is 14.2 Å². The van der Waals surface area contributed by atoms with Crippen LogP contribution in [0, 0.1) is 5.92 Å². The summed E-state index contributed by atoms with van der Waals surface area (Å²) >= 11 is 0. The van der Waals surface area contributed by atoms with Crippen LogP contribution in [0.1, 0.15) is 78.1 Å². The molecule has 0 aromatic carbocycles. The van der Waals surface area contributed by atoms with Gasteiger partial charge in [0.25, 0.3) is 0 Å². The van der Waals surface area contributed by atoms with Crippen LogP contribution >= 0.6 is 0 Å². The Morgan fingerprint density at radius 1 is 1.15 bits per heavy atom. The lowest BCUT2D eigenvalue weighted by atomic mass is 9.95. The monoisotopic (exact) mass is 382 g/mol. The summed E-state index contributed by atoms with van der Waals surface area (Å²) in [7, 11) is 0. The molecule has 1 fully saturated rings. The van der Waals surface area contributed by atoms with Crippen LogP contribution in [0.25, 0.3) is 0 Å². The lowest BCUT2D eigenvalue weighted by Gasteiger charge is -2.18. The maximum atomic E-state index is 12.1. The van der Waals surface area contributed by atoms with E-state index >= 15 is 0 Å². The van der Waals surface area contributed by atoms with E-state index in [2.05, 4.69) is 6.58 Å². The van der Waals surface area contributed by atoms with Gasteiger partial charge in [-0.3, -0.25) is 14.4 Å². The van der Waals surface area contributed by atoms with Crippen LogP contribution < -0.4 is 0 Å². The van der Waals surface area contributed by atoms with Crippen LogP contribution in [0.2, 0.25) is 0 Å². The molecule has 27 heavy (non-hydrogen) atoms. The highest BCUT2D eigenvalue weighted by atomic mass is 16.6. The Morgan fingerprint density at radius 3 is 2.44 bits per heavy atom. The van der Waals surface area contributed by atoms with Crippen LogP contribution in [0.5, 0.6) is 0 Å². The first-order chi connectivity index (χ1) is 12.9. The fourth-order valence-corrected chi connectivity index (χ4v) is 3.37. The van der Waals surface area contributed by atoms with E-state index in [-0.39, 0.29) is 24.6 Å². The smallest absolute Gasteiger partial charge is 0.309 e. The predicted octanol–water partition coefficient (Wildman–Crippen LogP) is 4.11. The number of esters is 3. The van der Waals surface area contributed by atoms with Crippen LogP contribution in [0.4, 0.5) is 0 Å². The van der Waals surface area contributed by atoms with Crippen molar-refractivity contribution in [2.24, 2.45) is 5.92 Å². The molecule has 1 aliphatic heterocycles. The van der Waals surface area contributed by atoms with Crippen molar-refractivity contribution in [2.75, 3.05) is 6.61 Å². The van der Waals surface area contributed by atoms with Gasteiger partial charge in [0, 0.05) is 20.3 Å². The lowest BCUT2D eigenvalue weighted by molar-refractivity contribution is -0.158. The first-order valence-electron chi connectivity index (χ1n) is 10.0. The number of unbranched alkanes of at least 4 members (excludes halogenated alkanes) is 6. The first kappa shape index (κ1) is 23.2. The average Bonchev–Trinajstić information content (AvgIpc) is 2.94. The molecule has 1 aliphatic rings. The zero-order valence-electron chi connectivity index (χ0n) is 16.7. The minimum atomic E-state index is -0.613. The van der Waals surface area contributed by atoms with E-state index in [1.807, 2.05) is 6.08 Å². The summed E-state index contributed by atoms with van der Waals surface area (Å²) in [4.78, 5) is 34.3. The van der Waals surface area contributed by atoms with Gasteiger partial charge in [-0.1, -0.05) is 31.8 Å². The molecular formula is C21H34O6. The molecule has 0 saturated carbocycles.